The van der Waals surface area contributed by atoms with Crippen LogP contribution in [0.2, 0.25) is 0 Å². The third-order valence-corrected chi connectivity index (χ3v) is 4.18. The predicted molar refractivity (Wildman–Crippen MR) is 63.7 cm³/mol. The average molecular weight is 261 g/mol. The first kappa shape index (κ1) is 13.7. The van der Waals surface area contributed by atoms with Gasteiger partial charge in [-0.05, 0) is 44.6 Å². The molecule has 0 spiro atoms. The number of hydrogen-bond acceptors (Lipinski definition) is 2. The Morgan fingerprint density at radius 3 is 2.50 bits per heavy atom. The molecule has 0 radical (unpaired) electrons. The molecule has 0 amide bonds. The van der Waals surface area contributed by atoms with Crippen molar-refractivity contribution in [3.63, 3.8) is 0 Å². The van der Waals surface area contributed by atoms with E-state index in [0.29, 0.717) is 31.7 Å². The van der Waals surface area contributed by atoms with Crippen molar-refractivity contribution in [2.75, 3.05) is 19.6 Å². The van der Waals surface area contributed by atoms with Gasteiger partial charge in [0.15, 0.2) is 0 Å². The molecule has 0 aromatic heterocycles. The van der Waals surface area contributed by atoms with Crippen LogP contribution < -0.4 is 0 Å². The molecule has 2 rings (SSSR count). The number of carboxylic acid groups (broad SMARTS) is 1. The maximum absolute atomic E-state index is 13.3. The van der Waals surface area contributed by atoms with Crippen LogP contribution in [0, 0.1) is 11.8 Å². The van der Waals surface area contributed by atoms with Gasteiger partial charge in [-0.15, -0.1) is 0 Å². The van der Waals surface area contributed by atoms with E-state index in [9.17, 15) is 13.6 Å². The fraction of sp³-hybridized carbons (Fsp3) is 0.923. The lowest BCUT2D eigenvalue weighted by atomic mass is 9.81. The van der Waals surface area contributed by atoms with Crippen molar-refractivity contribution >= 4 is 5.97 Å². The van der Waals surface area contributed by atoms with E-state index in [-0.39, 0.29) is 18.9 Å². The Kier molecular flexibility index (Phi) is 4.20. The molecule has 2 aliphatic rings. The van der Waals surface area contributed by atoms with Gasteiger partial charge in [0, 0.05) is 13.0 Å². The van der Waals surface area contributed by atoms with Gasteiger partial charge in [-0.3, -0.25) is 9.69 Å². The van der Waals surface area contributed by atoms with E-state index in [4.69, 9.17) is 5.11 Å². The number of piperidine rings is 1. The highest BCUT2D eigenvalue weighted by Gasteiger charge is 2.36. The number of carboxylic acids is 1. The van der Waals surface area contributed by atoms with E-state index in [1.54, 1.807) is 0 Å². The van der Waals surface area contributed by atoms with Crippen molar-refractivity contribution < 1.29 is 18.7 Å². The van der Waals surface area contributed by atoms with E-state index >= 15 is 0 Å². The SMILES string of the molecule is O=C(O)C1CCC(CN2CCCC(F)(F)C2)CC1. The van der Waals surface area contributed by atoms with Gasteiger partial charge in [0.2, 0.25) is 0 Å². The highest BCUT2D eigenvalue weighted by molar-refractivity contribution is 5.69. The van der Waals surface area contributed by atoms with Crippen molar-refractivity contribution in [2.24, 2.45) is 11.8 Å². The van der Waals surface area contributed by atoms with Crippen LogP contribution in [0.25, 0.3) is 0 Å². The molecule has 2 fully saturated rings. The Labute approximate surface area is 106 Å². The van der Waals surface area contributed by atoms with E-state index in [1.165, 1.54) is 0 Å². The summed E-state index contributed by atoms with van der Waals surface area (Å²) >= 11 is 0. The molecular formula is C13H21F2NO2. The first-order valence-corrected chi connectivity index (χ1v) is 6.79. The molecule has 1 aliphatic heterocycles. The Morgan fingerprint density at radius 2 is 1.94 bits per heavy atom. The van der Waals surface area contributed by atoms with Crippen molar-refractivity contribution in [2.45, 2.75) is 44.4 Å². The second-order valence-electron chi connectivity index (χ2n) is 5.75. The number of halogens is 2. The Bertz CT molecular complexity index is 301. The first-order valence-electron chi connectivity index (χ1n) is 6.79. The largest absolute Gasteiger partial charge is 0.481 e. The highest BCUT2D eigenvalue weighted by atomic mass is 19.3. The molecule has 0 aromatic carbocycles. The zero-order valence-corrected chi connectivity index (χ0v) is 10.6. The van der Waals surface area contributed by atoms with Crippen LogP contribution >= 0.6 is 0 Å². The smallest absolute Gasteiger partial charge is 0.306 e. The topological polar surface area (TPSA) is 40.5 Å². The molecule has 1 aliphatic carbocycles. The maximum Gasteiger partial charge on any atom is 0.306 e. The van der Waals surface area contributed by atoms with Crippen molar-refractivity contribution in [3.05, 3.63) is 0 Å². The molecular weight excluding hydrogens is 240 g/mol. The molecule has 0 aromatic rings. The summed E-state index contributed by atoms with van der Waals surface area (Å²) in [6.07, 6.45) is 3.69. The highest BCUT2D eigenvalue weighted by Crippen LogP contribution is 2.32. The molecule has 3 nitrogen and oxygen atoms in total. The van der Waals surface area contributed by atoms with Gasteiger partial charge in [-0.25, -0.2) is 8.78 Å². The van der Waals surface area contributed by atoms with Crippen LogP contribution in [0.15, 0.2) is 0 Å². The minimum atomic E-state index is -2.53. The lowest BCUT2D eigenvalue weighted by Gasteiger charge is -2.36. The monoisotopic (exact) mass is 261 g/mol. The van der Waals surface area contributed by atoms with Crippen molar-refractivity contribution in [3.8, 4) is 0 Å². The minimum Gasteiger partial charge on any atom is -0.481 e. The summed E-state index contributed by atoms with van der Waals surface area (Å²) in [4.78, 5) is 12.7. The molecule has 1 N–H and O–H groups in total. The maximum atomic E-state index is 13.3. The van der Waals surface area contributed by atoms with Crippen molar-refractivity contribution in [1.82, 2.24) is 4.90 Å². The molecule has 104 valence electrons. The van der Waals surface area contributed by atoms with Crippen LogP contribution in [0.1, 0.15) is 38.5 Å². The fourth-order valence-electron chi connectivity index (χ4n) is 3.16. The quantitative estimate of drug-likeness (QED) is 0.849. The van der Waals surface area contributed by atoms with Crippen LogP contribution in [-0.4, -0.2) is 41.5 Å². The lowest BCUT2D eigenvalue weighted by Crippen LogP contribution is -2.45. The van der Waals surface area contributed by atoms with E-state index in [1.807, 2.05) is 4.90 Å². The second-order valence-corrected chi connectivity index (χ2v) is 5.75. The van der Waals surface area contributed by atoms with E-state index < -0.39 is 11.9 Å². The van der Waals surface area contributed by atoms with Gasteiger partial charge in [0.05, 0.1) is 12.5 Å². The van der Waals surface area contributed by atoms with Crippen molar-refractivity contribution in [1.29, 1.82) is 0 Å². The fourth-order valence-corrected chi connectivity index (χ4v) is 3.16. The summed E-state index contributed by atoms with van der Waals surface area (Å²) in [5.74, 6) is -3.06. The minimum absolute atomic E-state index is 0.00918. The number of aliphatic carboxylic acids is 1. The van der Waals surface area contributed by atoms with Gasteiger partial charge in [0.1, 0.15) is 0 Å². The average Bonchev–Trinajstić information content (AvgIpc) is 2.28. The molecule has 0 unspecified atom stereocenters. The molecule has 0 bridgehead atoms. The number of hydrogen-bond donors (Lipinski definition) is 1. The Balaban J connectivity index is 1.76. The van der Waals surface area contributed by atoms with Gasteiger partial charge in [-0.2, -0.15) is 0 Å². The standard InChI is InChI=1S/C13H21F2NO2/c14-13(15)6-1-7-16(9-13)8-10-2-4-11(5-3-10)12(17)18/h10-11H,1-9H2,(H,17,18). The third kappa shape index (κ3) is 3.64. The summed E-state index contributed by atoms with van der Waals surface area (Å²) in [6.45, 7) is 1.35. The Hall–Kier alpha value is -0.710. The van der Waals surface area contributed by atoms with Crippen LogP contribution in [0.3, 0.4) is 0 Å². The summed E-state index contributed by atoms with van der Waals surface area (Å²) in [5.41, 5.74) is 0. The second kappa shape index (κ2) is 5.51. The van der Waals surface area contributed by atoms with Gasteiger partial charge in [-0.1, -0.05) is 0 Å². The molecule has 1 saturated heterocycles. The van der Waals surface area contributed by atoms with E-state index in [0.717, 1.165) is 19.4 Å². The number of carbonyl (C=O) groups is 1. The number of likely N-dealkylation sites (tertiary alicyclic amines) is 1. The number of alkyl halides is 2. The van der Waals surface area contributed by atoms with Crippen LogP contribution in [0.5, 0.6) is 0 Å². The normalized spacial score (nSPS) is 33.2. The molecule has 1 heterocycles. The summed E-state index contributed by atoms with van der Waals surface area (Å²) in [5, 5.41) is 8.90. The molecule has 1 saturated carbocycles. The first-order chi connectivity index (χ1) is 8.46. The lowest BCUT2D eigenvalue weighted by molar-refractivity contribution is -0.143. The van der Waals surface area contributed by atoms with Crippen LogP contribution in [-0.2, 0) is 4.79 Å². The summed E-state index contributed by atoms with van der Waals surface area (Å²) in [7, 11) is 0. The summed E-state index contributed by atoms with van der Waals surface area (Å²) in [6, 6.07) is 0. The molecule has 0 atom stereocenters. The molecule has 5 heteroatoms. The predicted octanol–water partition coefficient (Wildman–Crippen LogP) is 2.61. The zero-order valence-electron chi connectivity index (χ0n) is 10.6. The van der Waals surface area contributed by atoms with Gasteiger partial charge in [0.25, 0.3) is 5.92 Å². The van der Waals surface area contributed by atoms with Gasteiger partial charge < -0.3 is 5.11 Å². The zero-order chi connectivity index (χ0) is 13.2. The third-order valence-electron chi connectivity index (χ3n) is 4.18. The van der Waals surface area contributed by atoms with E-state index in [2.05, 4.69) is 0 Å². The molecule has 18 heavy (non-hydrogen) atoms. The Morgan fingerprint density at radius 1 is 1.28 bits per heavy atom. The number of rotatable bonds is 3. The summed E-state index contributed by atoms with van der Waals surface area (Å²) < 4.78 is 26.5. The van der Waals surface area contributed by atoms with Crippen LogP contribution in [0.4, 0.5) is 8.78 Å². The van der Waals surface area contributed by atoms with Gasteiger partial charge >= 0.3 is 5.97 Å². The number of nitrogens with zero attached hydrogens (tertiary/aromatic N) is 1.